The van der Waals surface area contributed by atoms with Gasteiger partial charge in [0.15, 0.2) is 6.10 Å². The predicted octanol–water partition coefficient (Wildman–Crippen LogP) is 0.922. The molecule has 7 heteroatoms. The molecule has 94 valence electrons. The van der Waals surface area contributed by atoms with Gasteiger partial charge in [0.1, 0.15) is 0 Å². The molecule has 0 radical (unpaired) electrons. The highest BCUT2D eigenvalue weighted by atomic mass is 19.4. The molecule has 0 aliphatic heterocycles. The van der Waals surface area contributed by atoms with Crippen molar-refractivity contribution in [1.82, 2.24) is 5.32 Å². The highest BCUT2D eigenvalue weighted by Gasteiger charge is 2.38. The summed E-state index contributed by atoms with van der Waals surface area (Å²) in [6.07, 6.45) is -7.31. The third kappa shape index (κ3) is 3.95. The average molecular weight is 248 g/mol. The molecule has 1 rings (SSSR count). The Labute approximate surface area is 95.2 Å². The van der Waals surface area contributed by atoms with E-state index in [4.69, 9.17) is 10.8 Å². The second-order valence-corrected chi connectivity index (χ2v) is 3.39. The van der Waals surface area contributed by atoms with Crippen LogP contribution in [0.4, 0.5) is 18.9 Å². The minimum absolute atomic E-state index is 0.175. The topological polar surface area (TPSA) is 75.4 Å². The number of halogens is 3. The highest BCUT2D eigenvalue weighted by Crippen LogP contribution is 2.19. The molecule has 1 atom stereocenters. The molecular formula is C10H11F3N2O2. The number of nitrogens with two attached hydrogens (primary N) is 1. The van der Waals surface area contributed by atoms with Gasteiger partial charge in [-0.25, -0.2) is 0 Å². The van der Waals surface area contributed by atoms with E-state index < -0.39 is 24.7 Å². The van der Waals surface area contributed by atoms with Crippen LogP contribution in [0.15, 0.2) is 24.3 Å². The normalized spacial score (nSPS) is 13.2. The molecule has 0 aliphatic carbocycles. The number of aliphatic hydroxyl groups excluding tert-OH is 1. The maximum atomic E-state index is 11.9. The number of nitrogens with one attached hydrogen (secondary N) is 1. The van der Waals surface area contributed by atoms with Crippen LogP contribution in [0.2, 0.25) is 0 Å². The summed E-state index contributed by atoms with van der Waals surface area (Å²) in [5.74, 6) is -0.701. The molecular weight excluding hydrogens is 237 g/mol. The van der Waals surface area contributed by atoms with Gasteiger partial charge in [-0.05, 0) is 24.3 Å². The van der Waals surface area contributed by atoms with E-state index in [1.165, 1.54) is 24.3 Å². The number of alkyl halides is 3. The van der Waals surface area contributed by atoms with Crippen LogP contribution in [-0.4, -0.2) is 29.8 Å². The lowest BCUT2D eigenvalue weighted by atomic mass is 10.2. The SMILES string of the molecule is Nc1ccc(C(=O)NCC(O)C(F)(F)F)cc1. The Morgan fingerprint density at radius 1 is 1.35 bits per heavy atom. The number of carbonyl (C=O) groups is 1. The number of amides is 1. The fraction of sp³-hybridized carbons (Fsp3) is 0.300. The monoisotopic (exact) mass is 248 g/mol. The molecule has 0 spiro atoms. The lowest BCUT2D eigenvalue weighted by Gasteiger charge is -2.14. The van der Waals surface area contributed by atoms with E-state index in [1.807, 2.05) is 5.32 Å². The zero-order valence-corrected chi connectivity index (χ0v) is 8.66. The number of rotatable bonds is 3. The van der Waals surface area contributed by atoms with E-state index in [-0.39, 0.29) is 5.56 Å². The summed E-state index contributed by atoms with van der Waals surface area (Å²) in [6.45, 7) is -0.882. The zero-order chi connectivity index (χ0) is 13.1. The van der Waals surface area contributed by atoms with Crippen molar-refractivity contribution in [3.63, 3.8) is 0 Å². The van der Waals surface area contributed by atoms with Crippen molar-refractivity contribution in [2.45, 2.75) is 12.3 Å². The van der Waals surface area contributed by atoms with Crippen LogP contribution >= 0.6 is 0 Å². The number of anilines is 1. The quantitative estimate of drug-likeness (QED) is 0.696. The van der Waals surface area contributed by atoms with Gasteiger partial charge in [0.2, 0.25) is 0 Å². The summed E-state index contributed by atoms with van der Waals surface area (Å²) in [5, 5.41) is 10.6. The summed E-state index contributed by atoms with van der Waals surface area (Å²) in [5.41, 5.74) is 6.00. The molecule has 0 fully saturated rings. The lowest BCUT2D eigenvalue weighted by molar-refractivity contribution is -0.201. The third-order valence-corrected chi connectivity index (χ3v) is 2.01. The van der Waals surface area contributed by atoms with E-state index in [0.29, 0.717) is 5.69 Å². The van der Waals surface area contributed by atoms with Crippen molar-refractivity contribution >= 4 is 11.6 Å². The van der Waals surface area contributed by atoms with Crippen LogP contribution in [0.3, 0.4) is 0 Å². The fourth-order valence-electron chi connectivity index (χ4n) is 1.04. The average Bonchev–Trinajstić information content (AvgIpc) is 2.25. The summed E-state index contributed by atoms with van der Waals surface area (Å²) < 4.78 is 35.8. The molecule has 4 nitrogen and oxygen atoms in total. The minimum atomic E-state index is -4.74. The molecule has 0 aromatic heterocycles. The van der Waals surface area contributed by atoms with Crippen molar-refractivity contribution in [3.8, 4) is 0 Å². The Hall–Kier alpha value is -1.76. The van der Waals surface area contributed by atoms with Gasteiger partial charge in [-0.1, -0.05) is 0 Å². The Kier molecular flexibility index (Phi) is 3.95. The first-order chi connectivity index (χ1) is 7.80. The fourth-order valence-corrected chi connectivity index (χ4v) is 1.04. The Balaban J connectivity index is 2.53. The minimum Gasteiger partial charge on any atom is -0.399 e. The molecule has 0 aliphatic rings. The van der Waals surface area contributed by atoms with Crippen LogP contribution in [0.5, 0.6) is 0 Å². The number of benzene rings is 1. The van der Waals surface area contributed by atoms with Crippen LogP contribution in [0.25, 0.3) is 0 Å². The van der Waals surface area contributed by atoms with E-state index in [1.54, 1.807) is 0 Å². The van der Waals surface area contributed by atoms with Crippen molar-refractivity contribution < 1.29 is 23.1 Å². The van der Waals surface area contributed by atoms with Gasteiger partial charge in [-0.15, -0.1) is 0 Å². The second kappa shape index (κ2) is 5.05. The Bertz CT molecular complexity index is 390. The summed E-state index contributed by atoms with van der Waals surface area (Å²) in [6, 6.07) is 5.67. The van der Waals surface area contributed by atoms with Crippen molar-refractivity contribution in [3.05, 3.63) is 29.8 Å². The Morgan fingerprint density at radius 3 is 2.35 bits per heavy atom. The molecule has 0 bridgehead atoms. The molecule has 17 heavy (non-hydrogen) atoms. The number of hydrogen-bond acceptors (Lipinski definition) is 3. The lowest BCUT2D eigenvalue weighted by Crippen LogP contribution is -2.40. The first-order valence-electron chi connectivity index (χ1n) is 4.69. The van der Waals surface area contributed by atoms with Gasteiger partial charge in [-0.3, -0.25) is 4.79 Å². The Morgan fingerprint density at radius 2 is 1.88 bits per heavy atom. The maximum absolute atomic E-state index is 11.9. The smallest absolute Gasteiger partial charge is 0.399 e. The number of nitrogen functional groups attached to an aromatic ring is 1. The number of aliphatic hydroxyl groups is 1. The maximum Gasteiger partial charge on any atom is 0.416 e. The first-order valence-corrected chi connectivity index (χ1v) is 4.69. The van der Waals surface area contributed by atoms with E-state index >= 15 is 0 Å². The second-order valence-electron chi connectivity index (χ2n) is 3.39. The van der Waals surface area contributed by atoms with Crippen molar-refractivity contribution in [1.29, 1.82) is 0 Å². The van der Waals surface area contributed by atoms with Gasteiger partial charge < -0.3 is 16.2 Å². The molecule has 1 aromatic carbocycles. The van der Waals surface area contributed by atoms with E-state index in [2.05, 4.69) is 0 Å². The van der Waals surface area contributed by atoms with Crippen molar-refractivity contribution in [2.75, 3.05) is 12.3 Å². The van der Waals surface area contributed by atoms with E-state index in [9.17, 15) is 18.0 Å². The van der Waals surface area contributed by atoms with Gasteiger partial charge in [0, 0.05) is 11.3 Å². The summed E-state index contributed by atoms with van der Waals surface area (Å²) >= 11 is 0. The van der Waals surface area contributed by atoms with Crippen molar-refractivity contribution in [2.24, 2.45) is 0 Å². The standard InChI is InChI=1S/C10H11F3N2O2/c11-10(12,13)8(16)5-15-9(17)6-1-3-7(14)4-2-6/h1-4,8,16H,5,14H2,(H,15,17). The largest absolute Gasteiger partial charge is 0.416 e. The summed E-state index contributed by atoms with van der Waals surface area (Å²) in [7, 11) is 0. The van der Waals surface area contributed by atoms with E-state index in [0.717, 1.165) is 0 Å². The molecule has 0 heterocycles. The van der Waals surface area contributed by atoms with Crippen LogP contribution in [0, 0.1) is 0 Å². The van der Waals surface area contributed by atoms with Gasteiger partial charge in [-0.2, -0.15) is 13.2 Å². The van der Waals surface area contributed by atoms with Crippen LogP contribution in [-0.2, 0) is 0 Å². The number of hydrogen-bond donors (Lipinski definition) is 3. The molecule has 0 saturated heterocycles. The van der Waals surface area contributed by atoms with Crippen LogP contribution < -0.4 is 11.1 Å². The molecule has 1 unspecified atom stereocenters. The van der Waals surface area contributed by atoms with Gasteiger partial charge in [0.25, 0.3) is 5.91 Å². The predicted molar refractivity (Wildman–Crippen MR) is 55.2 cm³/mol. The zero-order valence-electron chi connectivity index (χ0n) is 8.66. The molecule has 1 aromatic rings. The van der Waals surface area contributed by atoms with Gasteiger partial charge >= 0.3 is 6.18 Å². The van der Waals surface area contributed by atoms with Crippen LogP contribution in [0.1, 0.15) is 10.4 Å². The molecule has 1 amide bonds. The number of carbonyl (C=O) groups excluding carboxylic acids is 1. The third-order valence-electron chi connectivity index (χ3n) is 2.01. The van der Waals surface area contributed by atoms with Gasteiger partial charge in [0.05, 0.1) is 6.54 Å². The summed E-state index contributed by atoms with van der Waals surface area (Å²) in [4.78, 5) is 11.4. The first kappa shape index (κ1) is 13.3. The highest BCUT2D eigenvalue weighted by molar-refractivity contribution is 5.94. The molecule has 0 saturated carbocycles. The molecule has 4 N–H and O–H groups in total.